The first kappa shape index (κ1) is 13.7. The van der Waals surface area contributed by atoms with Crippen LogP contribution in [0.15, 0.2) is 59.5 Å². The van der Waals surface area contributed by atoms with Gasteiger partial charge in [0.1, 0.15) is 6.61 Å². The maximum atomic E-state index is 11.2. The van der Waals surface area contributed by atoms with Crippen LogP contribution in [0.25, 0.3) is 10.8 Å². The van der Waals surface area contributed by atoms with E-state index in [-0.39, 0.29) is 5.97 Å². The van der Waals surface area contributed by atoms with Gasteiger partial charge in [0.25, 0.3) is 0 Å². The SMILES string of the molecule is C=C(C)C(=O)OCCSc1cccc2ccccc12. The minimum absolute atomic E-state index is 0.321. The Balaban J connectivity index is 1.95. The molecule has 0 fully saturated rings. The van der Waals surface area contributed by atoms with Crippen LogP contribution in [-0.4, -0.2) is 18.3 Å². The van der Waals surface area contributed by atoms with Gasteiger partial charge in [0, 0.05) is 16.2 Å². The number of hydrogen-bond acceptors (Lipinski definition) is 3. The summed E-state index contributed by atoms with van der Waals surface area (Å²) in [4.78, 5) is 12.4. The summed E-state index contributed by atoms with van der Waals surface area (Å²) in [6, 6.07) is 14.5. The first-order valence-electron chi connectivity index (χ1n) is 6.11. The van der Waals surface area contributed by atoms with E-state index in [4.69, 9.17) is 4.74 Å². The molecule has 0 aliphatic rings. The lowest BCUT2D eigenvalue weighted by molar-refractivity contribution is -0.138. The lowest BCUT2D eigenvalue weighted by atomic mass is 10.1. The molecule has 0 aliphatic carbocycles. The Kier molecular flexibility index (Phi) is 4.63. The lowest BCUT2D eigenvalue weighted by Crippen LogP contribution is -2.07. The van der Waals surface area contributed by atoms with Crippen molar-refractivity contribution in [1.82, 2.24) is 0 Å². The number of carbonyl (C=O) groups excluding carboxylic acids is 1. The molecule has 0 heterocycles. The van der Waals surface area contributed by atoms with Crippen LogP contribution in [0.5, 0.6) is 0 Å². The maximum Gasteiger partial charge on any atom is 0.333 e. The molecule has 2 aromatic rings. The molecule has 0 unspecified atom stereocenters. The summed E-state index contributed by atoms with van der Waals surface area (Å²) in [7, 11) is 0. The highest BCUT2D eigenvalue weighted by Gasteiger charge is 2.04. The van der Waals surface area contributed by atoms with E-state index in [9.17, 15) is 4.79 Å². The zero-order valence-electron chi connectivity index (χ0n) is 10.9. The second-order valence-electron chi connectivity index (χ2n) is 4.24. The summed E-state index contributed by atoms with van der Waals surface area (Å²) >= 11 is 1.70. The van der Waals surface area contributed by atoms with Crippen molar-refractivity contribution in [2.75, 3.05) is 12.4 Å². The third-order valence-corrected chi connectivity index (χ3v) is 3.71. The van der Waals surface area contributed by atoms with Gasteiger partial charge >= 0.3 is 5.97 Å². The quantitative estimate of drug-likeness (QED) is 0.355. The molecule has 19 heavy (non-hydrogen) atoms. The van der Waals surface area contributed by atoms with Crippen LogP contribution in [-0.2, 0) is 9.53 Å². The van der Waals surface area contributed by atoms with Crippen LogP contribution in [0.3, 0.4) is 0 Å². The van der Waals surface area contributed by atoms with Crippen LogP contribution in [0.2, 0.25) is 0 Å². The van der Waals surface area contributed by atoms with E-state index in [1.54, 1.807) is 18.7 Å². The Morgan fingerprint density at radius 2 is 1.95 bits per heavy atom. The van der Waals surface area contributed by atoms with Crippen molar-refractivity contribution in [2.45, 2.75) is 11.8 Å². The zero-order valence-corrected chi connectivity index (χ0v) is 11.7. The Hall–Kier alpha value is -1.74. The van der Waals surface area contributed by atoms with Crippen molar-refractivity contribution in [2.24, 2.45) is 0 Å². The van der Waals surface area contributed by atoms with E-state index >= 15 is 0 Å². The molecule has 0 amide bonds. The number of benzene rings is 2. The highest BCUT2D eigenvalue weighted by Crippen LogP contribution is 2.27. The molecule has 3 heteroatoms. The predicted octanol–water partition coefficient (Wildman–Crippen LogP) is 4.05. The molecule has 2 rings (SSSR count). The number of rotatable bonds is 5. The third kappa shape index (κ3) is 3.61. The predicted molar refractivity (Wildman–Crippen MR) is 80.4 cm³/mol. The molecule has 0 radical (unpaired) electrons. The minimum atomic E-state index is -0.321. The van der Waals surface area contributed by atoms with Gasteiger partial charge in [-0.15, -0.1) is 11.8 Å². The number of thioether (sulfide) groups is 1. The highest BCUT2D eigenvalue weighted by atomic mass is 32.2. The van der Waals surface area contributed by atoms with Crippen LogP contribution in [0, 0.1) is 0 Å². The molecule has 98 valence electrons. The largest absolute Gasteiger partial charge is 0.461 e. The summed E-state index contributed by atoms with van der Waals surface area (Å²) in [5.41, 5.74) is 0.440. The van der Waals surface area contributed by atoms with Gasteiger partial charge in [-0.3, -0.25) is 0 Å². The van der Waals surface area contributed by atoms with Crippen molar-refractivity contribution in [3.05, 3.63) is 54.6 Å². The number of fused-ring (bicyclic) bond motifs is 1. The fourth-order valence-electron chi connectivity index (χ4n) is 1.73. The molecule has 0 N–H and O–H groups in total. The van der Waals surface area contributed by atoms with Gasteiger partial charge in [0.2, 0.25) is 0 Å². The number of esters is 1. The topological polar surface area (TPSA) is 26.3 Å². The second kappa shape index (κ2) is 6.43. The molecule has 0 spiro atoms. The first-order chi connectivity index (χ1) is 9.18. The Labute approximate surface area is 117 Å². The Morgan fingerprint density at radius 3 is 2.74 bits per heavy atom. The van der Waals surface area contributed by atoms with Crippen molar-refractivity contribution < 1.29 is 9.53 Å². The van der Waals surface area contributed by atoms with Crippen molar-refractivity contribution in [1.29, 1.82) is 0 Å². The van der Waals surface area contributed by atoms with Crippen LogP contribution in [0.1, 0.15) is 6.92 Å². The molecule has 2 aromatic carbocycles. The van der Waals surface area contributed by atoms with E-state index in [0.29, 0.717) is 12.2 Å². The van der Waals surface area contributed by atoms with Gasteiger partial charge in [-0.2, -0.15) is 0 Å². The maximum absolute atomic E-state index is 11.2. The Morgan fingerprint density at radius 1 is 1.21 bits per heavy atom. The smallest absolute Gasteiger partial charge is 0.333 e. The number of carbonyl (C=O) groups is 1. The van der Waals surface area contributed by atoms with E-state index in [0.717, 1.165) is 5.75 Å². The lowest BCUT2D eigenvalue weighted by Gasteiger charge is -2.07. The molecule has 0 saturated carbocycles. The van der Waals surface area contributed by atoms with E-state index < -0.39 is 0 Å². The second-order valence-corrected chi connectivity index (χ2v) is 5.38. The fourth-order valence-corrected chi connectivity index (χ4v) is 2.63. The molecule has 0 bridgehead atoms. The molecular formula is C16H16O2S. The van der Waals surface area contributed by atoms with Crippen LogP contribution < -0.4 is 0 Å². The molecule has 0 aliphatic heterocycles. The average molecular weight is 272 g/mol. The third-order valence-electron chi connectivity index (χ3n) is 2.67. The first-order valence-corrected chi connectivity index (χ1v) is 7.10. The summed E-state index contributed by atoms with van der Waals surface area (Å²) in [6.45, 7) is 5.61. The minimum Gasteiger partial charge on any atom is -0.461 e. The van der Waals surface area contributed by atoms with E-state index in [1.165, 1.54) is 15.7 Å². The van der Waals surface area contributed by atoms with E-state index in [2.05, 4.69) is 30.8 Å². The van der Waals surface area contributed by atoms with Gasteiger partial charge in [-0.1, -0.05) is 43.0 Å². The van der Waals surface area contributed by atoms with Gasteiger partial charge < -0.3 is 4.74 Å². The number of hydrogen-bond donors (Lipinski definition) is 0. The molecule has 0 saturated heterocycles. The van der Waals surface area contributed by atoms with Crippen molar-refractivity contribution in [3.8, 4) is 0 Å². The molecular weight excluding hydrogens is 256 g/mol. The van der Waals surface area contributed by atoms with Gasteiger partial charge in [0.15, 0.2) is 0 Å². The van der Waals surface area contributed by atoms with Gasteiger partial charge in [-0.05, 0) is 23.8 Å². The highest BCUT2D eigenvalue weighted by molar-refractivity contribution is 7.99. The van der Waals surface area contributed by atoms with Crippen molar-refractivity contribution in [3.63, 3.8) is 0 Å². The zero-order chi connectivity index (χ0) is 13.7. The molecule has 0 atom stereocenters. The monoisotopic (exact) mass is 272 g/mol. The Bertz CT molecular complexity index is 599. The summed E-state index contributed by atoms with van der Waals surface area (Å²) in [5.74, 6) is 0.422. The summed E-state index contributed by atoms with van der Waals surface area (Å²) in [6.07, 6.45) is 0. The average Bonchev–Trinajstić information content (AvgIpc) is 2.43. The van der Waals surface area contributed by atoms with Crippen LogP contribution >= 0.6 is 11.8 Å². The normalized spacial score (nSPS) is 10.4. The molecule has 2 nitrogen and oxygen atoms in total. The van der Waals surface area contributed by atoms with Crippen molar-refractivity contribution >= 4 is 28.5 Å². The number of ether oxygens (including phenoxy) is 1. The summed E-state index contributed by atoms with van der Waals surface area (Å²) in [5, 5.41) is 2.47. The van der Waals surface area contributed by atoms with Gasteiger partial charge in [-0.25, -0.2) is 4.79 Å². The van der Waals surface area contributed by atoms with Gasteiger partial charge in [0.05, 0.1) is 0 Å². The summed E-state index contributed by atoms with van der Waals surface area (Å²) < 4.78 is 5.08. The fraction of sp³-hybridized carbons (Fsp3) is 0.188. The van der Waals surface area contributed by atoms with Crippen LogP contribution in [0.4, 0.5) is 0 Å². The molecule has 0 aromatic heterocycles. The van der Waals surface area contributed by atoms with E-state index in [1.807, 2.05) is 18.2 Å². The standard InChI is InChI=1S/C16H16O2S/c1-12(2)16(17)18-10-11-19-15-9-5-7-13-6-3-4-8-14(13)15/h3-9H,1,10-11H2,2H3.